The van der Waals surface area contributed by atoms with Crippen molar-refractivity contribution in [2.24, 2.45) is 0 Å². The predicted molar refractivity (Wildman–Crippen MR) is 100 cm³/mol. The lowest BCUT2D eigenvalue weighted by Crippen LogP contribution is -2.29. The smallest absolute Gasteiger partial charge is 0.251 e. The quantitative estimate of drug-likeness (QED) is 0.749. The predicted octanol–water partition coefficient (Wildman–Crippen LogP) is 3.07. The molecule has 0 aliphatic heterocycles. The molecule has 0 saturated heterocycles. The molecule has 0 saturated carbocycles. The van der Waals surface area contributed by atoms with Gasteiger partial charge in [-0.05, 0) is 49.7 Å². The van der Waals surface area contributed by atoms with Crippen LogP contribution >= 0.6 is 0 Å². The Bertz CT molecular complexity index is 672. The highest BCUT2D eigenvalue weighted by molar-refractivity contribution is 7.84. The van der Waals surface area contributed by atoms with Crippen LogP contribution in [0.4, 0.5) is 5.69 Å². The molecule has 24 heavy (non-hydrogen) atoms. The van der Waals surface area contributed by atoms with Crippen molar-refractivity contribution < 1.29 is 9.00 Å². The molecule has 1 atom stereocenters. The second-order valence-electron chi connectivity index (χ2n) is 5.50. The van der Waals surface area contributed by atoms with Crippen LogP contribution in [0.1, 0.15) is 23.7 Å². The fourth-order valence-corrected chi connectivity index (χ4v) is 3.00. The Balaban J connectivity index is 1.79. The first-order chi connectivity index (χ1) is 11.6. The molecule has 128 valence electrons. The summed E-state index contributed by atoms with van der Waals surface area (Å²) in [4.78, 5) is 15.1. The van der Waals surface area contributed by atoms with Crippen LogP contribution in [-0.2, 0) is 10.8 Å². The molecule has 4 nitrogen and oxygen atoms in total. The molecule has 2 rings (SSSR count). The van der Waals surface area contributed by atoms with Crippen molar-refractivity contribution in [3.63, 3.8) is 0 Å². The Morgan fingerprint density at radius 2 is 1.75 bits per heavy atom. The molecule has 0 radical (unpaired) electrons. The van der Waals surface area contributed by atoms with E-state index in [-0.39, 0.29) is 5.91 Å². The number of anilines is 1. The summed E-state index contributed by atoms with van der Waals surface area (Å²) in [5.74, 6) is -0.0915. The molecular weight excluding hydrogens is 320 g/mol. The highest BCUT2D eigenvalue weighted by atomic mass is 32.2. The van der Waals surface area contributed by atoms with Crippen LogP contribution in [0.15, 0.2) is 59.5 Å². The minimum absolute atomic E-state index is 0.0915. The van der Waals surface area contributed by atoms with Gasteiger partial charge in [-0.1, -0.05) is 18.2 Å². The topological polar surface area (TPSA) is 49.4 Å². The lowest BCUT2D eigenvalue weighted by Gasteiger charge is -2.23. The van der Waals surface area contributed by atoms with E-state index < -0.39 is 10.8 Å². The van der Waals surface area contributed by atoms with E-state index in [0.29, 0.717) is 12.1 Å². The number of hydrogen-bond acceptors (Lipinski definition) is 3. The molecule has 1 N–H and O–H groups in total. The van der Waals surface area contributed by atoms with Crippen LogP contribution in [0.3, 0.4) is 0 Å². The number of rotatable bonds is 8. The zero-order valence-electron chi connectivity index (χ0n) is 14.2. The molecule has 2 aromatic carbocycles. The summed E-state index contributed by atoms with van der Waals surface area (Å²) in [5, 5.41) is 2.94. The van der Waals surface area contributed by atoms with E-state index in [9.17, 15) is 9.00 Å². The maximum Gasteiger partial charge on any atom is 0.251 e. The molecule has 0 heterocycles. The number of amides is 1. The SMILES string of the molecule is CCN(CCCNC(=O)c1ccc(S(C)=O)cc1)c1ccccc1. The molecule has 5 heteroatoms. The van der Waals surface area contributed by atoms with Gasteiger partial charge in [-0.2, -0.15) is 0 Å². The largest absolute Gasteiger partial charge is 0.372 e. The van der Waals surface area contributed by atoms with Crippen molar-refractivity contribution in [3.8, 4) is 0 Å². The maximum atomic E-state index is 12.1. The summed E-state index contributed by atoms with van der Waals surface area (Å²) in [5.41, 5.74) is 1.80. The van der Waals surface area contributed by atoms with E-state index >= 15 is 0 Å². The standard InChI is InChI=1S/C19H24N2O2S/c1-3-21(17-8-5-4-6-9-17)15-7-14-20-19(22)16-10-12-18(13-11-16)24(2)23/h4-6,8-13H,3,7,14-15H2,1-2H3,(H,20,22). The number of nitrogens with one attached hydrogen (secondary N) is 1. The number of carbonyl (C=O) groups is 1. The molecule has 1 unspecified atom stereocenters. The van der Waals surface area contributed by atoms with Crippen molar-refractivity contribution in [3.05, 3.63) is 60.2 Å². The molecule has 0 fully saturated rings. The van der Waals surface area contributed by atoms with Crippen LogP contribution < -0.4 is 10.2 Å². The van der Waals surface area contributed by atoms with Gasteiger partial charge in [0.25, 0.3) is 5.91 Å². The molecule has 0 aliphatic carbocycles. The van der Waals surface area contributed by atoms with Crippen LogP contribution in [0, 0.1) is 0 Å². The van der Waals surface area contributed by atoms with Crippen molar-refractivity contribution in [1.29, 1.82) is 0 Å². The van der Waals surface area contributed by atoms with E-state index in [0.717, 1.165) is 24.4 Å². The Morgan fingerprint density at radius 1 is 1.08 bits per heavy atom. The van der Waals surface area contributed by atoms with Gasteiger partial charge >= 0.3 is 0 Å². The summed E-state index contributed by atoms with van der Waals surface area (Å²) >= 11 is 0. The summed E-state index contributed by atoms with van der Waals surface area (Å²) in [6.07, 6.45) is 2.51. The van der Waals surface area contributed by atoms with Crippen molar-refractivity contribution in [2.75, 3.05) is 30.8 Å². The first kappa shape index (κ1) is 18.2. The maximum absolute atomic E-state index is 12.1. The summed E-state index contributed by atoms with van der Waals surface area (Å²) in [6.45, 7) is 4.59. The van der Waals surface area contributed by atoms with Gasteiger partial charge in [-0.15, -0.1) is 0 Å². The third kappa shape index (κ3) is 5.20. The molecule has 2 aromatic rings. The molecule has 0 spiro atoms. The fourth-order valence-electron chi connectivity index (χ4n) is 2.48. The highest BCUT2D eigenvalue weighted by Gasteiger charge is 2.07. The third-order valence-corrected chi connectivity index (χ3v) is 4.78. The molecule has 0 aromatic heterocycles. The lowest BCUT2D eigenvalue weighted by atomic mass is 10.2. The van der Waals surface area contributed by atoms with Gasteiger partial charge in [-0.25, -0.2) is 0 Å². The number of carbonyl (C=O) groups excluding carboxylic acids is 1. The van der Waals surface area contributed by atoms with Crippen molar-refractivity contribution >= 4 is 22.4 Å². The average Bonchev–Trinajstić information content (AvgIpc) is 2.62. The summed E-state index contributed by atoms with van der Waals surface area (Å²) < 4.78 is 11.4. The normalized spacial score (nSPS) is 11.8. The van der Waals surface area contributed by atoms with Gasteiger partial charge in [0.05, 0.1) is 0 Å². The third-order valence-electron chi connectivity index (χ3n) is 3.84. The second-order valence-corrected chi connectivity index (χ2v) is 6.88. The Kier molecular flexibility index (Phi) is 7.00. The van der Waals surface area contributed by atoms with E-state index in [1.54, 1.807) is 30.5 Å². The average molecular weight is 344 g/mol. The number of para-hydroxylation sites is 1. The van der Waals surface area contributed by atoms with Crippen molar-refractivity contribution in [1.82, 2.24) is 5.32 Å². The van der Waals surface area contributed by atoms with E-state index in [4.69, 9.17) is 0 Å². The van der Waals surface area contributed by atoms with Crippen LogP contribution in [-0.4, -0.2) is 36.0 Å². The van der Waals surface area contributed by atoms with Gasteiger partial charge in [0.2, 0.25) is 0 Å². The number of nitrogens with zero attached hydrogens (tertiary/aromatic N) is 1. The first-order valence-electron chi connectivity index (χ1n) is 8.13. The Hall–Kier alpha value is -2.14. The minimum Gasteiger partial charge on any atom is -0.372 e. The molecule has 0 aliphatic rings. The van der Waals surface area contributed by atoms with Gasteiger partial charge in [0.15, 0.2) is 0 Å². The Labute approximate surface area is 146 Å². The first-order valence-corrected chi connectivity index (χ1v) is 9.69. The molecule has 1 amide bonds. The minimum atomic E-state index is -1.02. The van der Waals surface area contributed by atoms with Gasteiger partial charge in [0.1, 0.15) is 0 Å². The summed E-state index contributed by atoms with van der Waals surface area (Å²) in [6, 6.07) is 17.2. The zero-order chi connectivity index (χ0) is 17.4. The van der Waals surface area contributed by atoms with E-state index in [1.165, 1.54) is 5.69 Å². The highest BCUT2D eigenvalue weighted by Crippen LogP contribution is 2.13. The summed E-state index contributed by atoms with van der Waals surface area (Å²) in [7, 11) is -1.02. The monoisotopic (exact) mass is 344 g/mol. The van der Waals surface area contributed by atoms with Crippen molar-refractivity contribution in [2.45, 2.75) is 18.2 Å². The van der Waals surface area contributed by atoms with Gasteiger partial charge < -0.3 is 10.2 Å². The van der Waals surface area contributed by atoms with E-state index in [2.05, 4.69) is 29.3 Å². The molecule has 0 bridgehead atoms. The number of benzene rings is 2. The van der Waals surface area contributed by atoms with Crippen LogP contribution in [0.25, 0.3) is 0 Å². The fraction of sp³-hybridized carbons (Fsp3) is 0.316. The van der Waals surface area contributed by atoms with Gasteiger partial charge in [0, 0.05) is 52.8 Å². The number of hydrogen-bond donors (Lipinski definition) is 1. The van der Waals surface area contributed by atoms with Crippen LogP contribution in [0.2, 0.25) is 0 Å². The Morgan fingerprint density at radius 3 is 2.33 bits per heavy atom. The van der Waals surface area contributed by atoms with Crippen LogP contribution in [0.5, 0.6) is 0 Å². The molecular formula is C19H24N2O2S. The lowest BCUT2D eigenvalue weighted by molar-refractivity contribution is 0.0953. The van der Waals surface area contributed by atoms with E-state index in [1.807, 2.05) is 18.2 Å². The second kappa shape index (κ2) is 9.23. The van der Waals surface area contributed by atoms with Gasteiger partial charge in [-0.3, -0.25) is 9.00 Å². The zero-order valence-corrected chi connectivity index (χ0v) is 15.0.